The van der Waals surface area contributed by atoms with Gasteiger partial charge in [-0.3, -0.25) is 0 Å². The fourth-order valence-corrected chi connectivity index (χ4v) is 4.07. The van der Waals surface area contributed by atoms with Crippen LogP contribution in [0.4, 0.5) is 16.2 Å². The van der Waals surface area contributed by atoms with Crippen molar-refractivity contribution in [2.45, 2.75) is 32.7 Å². The Hall–Kier alpha value is -3.55. The zero-order valence-electron chi connectivity index (χ0n) is 17.6. The van der Waals surface area contributed by atoms with E-state index in [4.69, 9.17) is 0 Å². The predicted octanol–water partition coefficient (Wildman–Crippen LogP) is 4.02. The van der Waals surface area contributed by atoms with Gasteiger partial charge < -0.3 is 10.2 Å². The Bertz CT molecular complexity index is 1230. The van der Waals surface area contributed by atoms with Crippen molar-refractivity contribution in [2.24, 2.45) is 0 Å². The van der Waals surface area contributed by atoms with E-state index in [1.807, 2.05) is 44.3 Å². The lowest BCUT2D eigenvalue weighted by Crippen LogP contribution is -2.39. The molecule has 0 spiro atoms. The van der Waals surface area contributed by atoms with Crippen molar-refractivity contribution < 1.29 is 4.39 Å². The topological polar surface area (TPSA) is 71.2 Å². The number of benzene rings is 1. The van der Waals surface area contributed by atoms with Crippen molar-refractivity contribution >= 4 is 17.4 Å². The fourth-order valence-electron chi connectivity index (χ4n) is 4.07. The highest BCUT2D eigenvalue weighted by Gasteiger charge is 2.22. The minimum absolute atomic E-state index is 0.252. The Morgan fingerprint density at radius 2 is 1.87 bits per heavy atom. The Labute approximate surface area is 180 Å². The maximum Gasteiger partial charge on any atom is 0.243 e. The number of anilines is 2. The van der Waals surface area contributed by atoms with Crippen LogP contribution in [0.5, 0.6) is 0 Å². The first-order chi connectivity index (χ1) is 15.1. The Kier molecular flexibility index (Phi) is 4.97. The van der Waals surface area contributed by atoms with Crippen LogP contribution in [0.1, 0.15) is 24.1 Å². The number of hydrogen-bond donors (Lipinski definition) is 1. The van der Waals surface area contributed by atoms with Crippen LogP contribution >= 0.6 is 0 Å². The molecule has 3 aromatic heterocycles. The molecule has 4 aromatic rings. The summed E-state index contributed by atoms with van der Waals surface area (Å²) in [6.07, 6.45) is 5.36. The molecular weight excluding hydrogens is 393 g/mol. The summed E-state index contributed by atoms with van der Waals surface area (Å²) in [6, 6.07) is 11.3. The van der Waals surface area contributed by atoms with Crippen LogP contribution in [0, 0.1) is 19.7 Å². The summed E-state index contributed by atoms with van der Waals surface area (Å²) in [6.45, 7) is 5.66. The van der Waals surface area contributed by atoms with Gasteiger partial charge >= 0.3 is 0 Å². The third kappa shape index (κ3) is 3.93. The highest BCUT2D eigenvalue weighted by atomic mass is 19.1. The van der Waals surface area contributed by atoms with Crippen LogP contribution in [0.25, 0.3) is 16.8 Å². The maximum atomic E-state index is 14.6. The van der Waals surface area contributed by atoms with Crippen molar-refractivity contribution in [1.82, 2.24) is 24.6 Å². The number of halogens is 1. The SMILES string of the molecule is Cc1ccc(-c2cccn3nc(NC4CCN(c5cc(C)ncn5)CC4)nc23)c(F)c1. The van der Waals surface area contributed by atoms with Gasteiger partial charge in [0.05, 0.1) is 0 Å². The second-order valence-corrected chi connectivity index (χ2v) is 8.03. The van der Waals surface area contributed by atoms with Gasteiger partial charge in [0.25, 0.3) is 0 Å². The quantitative estimate of drug-likeness (QED) is 0.541. The molecule has 0 radical (unpaired) electrons. The van der Waals surface area contributed by atoms with E-state index in [2.05, 4.69) is 30.3 Å². The lowest BCUT2D eigenvalue weighted by Gasteiger charge is -2.32. The molecule has 5 rings (SSSR count). The lowest BCUT2D eigenvalue weighted by molar-refractivity contribution is 0.520. The second-order valence-electron chi connectivity index (χ2n) is 8.03. The van der Waals surface area contributed by atoms with Crippen LogP contribution in [0.2, 0.25) is 0 Å². The third-order valence-electron chi connectivity index (χ3n) is 5.72. The van der Waals surface area contributed by atoms with Gasteiger partial charge in [-0.15, -0.1) is 5.10 Å². The maximum absolute atomic E-state index is 14.6. The van der Waals surface area contributed by atoms with E-state index in [0.29, 0.717) is 17.2 Å². The molecule has 31 heavy (non-hydrogen) atoms. The van der Waals surface area contributed by atoms with E-state index < -0.39 is 0 Å². The van der Waals surface area contributed by atoms with Crippen LogP contribution in [-0.4, -0.2) is 43.7 Å². The van der Waals surface area contributed by atoms with Crippen LogP contribution < -0.4 is 10.2 Å². The molecule has 1 aliphatic rings. The molecule has 158 valence electrons. The summed E-state index contributed by atoms with van der Waals surface area (Å²) in [7, 11) is 0. The third-order valence-corrected chi connectivity index (χ3v) is 5.72. The Morgan fingerprint density at radius 3 is 2.65 bits per heavy atom. The van der Waals surface area contributed by atoms with E-state index in [1.165, 1.54) is 0 Å². The second kappa shape index (κ2) is 7.94. The Morgan fingerprint density at radius 1 is 1.03 bits per heavy atom. The molecule has 1 N–H and O–H groups in total. The largest absolute Gasteiger partial charge is 0.356 e. The van der Waals surface area contributed by atoms with Gasteiger partial charge in [0.2, 0.25) is 5.95 Å². The zero-order valence-corrected chi connectivity index (χ0v) is 17.6. The van der Waals surface area contributed by atoms with Crippen LogP contribution in [0.3, 0.4) is 0 Å². The molecule has 7 nitrogen and oxygen atoms in total. The summed E-state index contributed by atoms with van der Waals surface area (Å²) in [5.41, 5.74) is 3.76. The Balaban J connectivity index is 1.33. The minimum atomic E-state index is -0.252. The lowest BCUT2D eigenvalue weighted by atomic mass is 10.0. The van der Waals surface area contributed by atoms with Gasteiger partial charge in [0.1, 0.15) is 18.0 Å². The number of pyridine rings is 1. The first-order valence-corrected chi connectivity index (χ1v) is 10.5. The molecule has 0 unspecified atom stereocenters. The van der Waals surface area contributed by atoms with Crippen molar-refractivity contribution in [3.8, 4) is 11.1 Å². The van der Waals surface area contributed by atoms with Gasteiger partial charge in [-0.2, -0.15) is 4.98 Å². The number of piperidine rings is 1. The number of nitrogens with one attached hydrogen (secondary N) is 1. The molecule has 1 saturated heterocycles. The summed E-state index contributed by atoms with van der Waals surface area (Å²) >= 11 is 0. The fraction of sp³-hybridized carbons (Fsp3) is 0.304. The number of hydrogen-bond acceptors (Lipinski definition) is 6. The molecule has 0 bridgehead atoms. The molecule has 1 aromatic carbocycles. The van der Waals surface area contributed by atoms with Crippen molar-refractivity contribution in [2.75, 3.05) is 23.3 Å². The molecular formula is C23H24FN7. The number of nitrogens with zero attached hydrogens (tertiary/aromatic N) is 6. The molecule has 0 saturated carbocycles. The monoisotopic (exact) mass is 417 g/mol. The average molecular weight is 417 g/mol. The standard InChI is InChI=1S/C23H24FN7/c1-15-5-6-18(20(24)12-15)19-4-3-9-31-22(19)28-23(29-31)27-17-7-10-30(11-8-17)21-13-16(2)25-14-26-21/h3-6,9,12-14,17H,7-8,10-11H2,1-2H3,(H,27,29). The van der Waals surface area contributed by atoms with Gasteiger partial charge in [-0.1, -0.05) is 12.1 Å². The number of rotatable bonds is 4. The molecule has 1 aliphatic heterocycles. The van der Waals surface area contributed by atoms with Gasteiger partial charge in [-0.25, -0.2) is 18.9 Å². The average Bonchev–Trinajstić information content (AvgIpc) is 3.17. The highest BCUT2D eigenvalue weighted by molar-refractivity contribution is 5.78. The summed E-state index contributed by atoms with van der Waals surface area (Å²) in [5, 5.41) is 8.03. The van der Waals surface area contributed by atoms with E-state index in [-0.39, 0.29) is 11.9 Å². The number of aromatic nitrogens is 5. The smallest absolute Gasteiger partial charge is 0.243 e. The summed E-state index contributed by atoms with van der Waals surface area (Å²) in [5.74, 6) is 1.29. The zero-order chi connectivity index (χ0) is 21.4. The van der Waals surface area contributed by atoms with E-state index >= 15 is 0 Å². The van der Waals surface area contributed by atoms with Gasteiger partial charge in [-0.05, 0) is 50.5 Å². The molecule has 0 aliphatic carbocycles. The summed E-state index contributed by atoms with van der Waals surface area (Å²) in [4.78, 5) is 15.5. The van der Waals surface area contributed by atoms with E-state index in [1.54, 1.807) is 23.0 Å². The molecule has 1 fully saturated rings. The van der Waals surface area contributed by atoms with E-state index in [0.717, 1.165) is 48.6 Å². The molecule has 8 heteroatoms. The summed E-state index contributed by atoms with van der Waals surface area (Å²) < 4.78 is 16.3. The molecule has 0 atom stereocenters. The normalized spacial score (nSPS) is 14.9. The molecule has 4 heterocycles. The number of aryl methyl sites for hydroxylation is 2. The number of fused-ring (bicyclic) bond motifs is 1. The first-order valence-electron chi connectivity index (χ1n) is 10.5. The first kappa shape index (κ1) is 19.4. The van der Waals surface area contributed by atoms with Crippen LogP contribution in [0.15, 0.2) is 48.9 Å². The van der Waals surface area contributed by atoms with Crippen LogP contribution in [-0.2, 0) is 0 Å². The van der Waals surface area contributed by atoms with Crippen molar-refractivity contribution in [3.05, 3.63) is 66.0 Å². The van der Waals surface area contributed by atoms with E-state index in [9.17, 15) is 4.39 Å². The molecule has 0 amide bonds. The highest BCUT2D eigenvalue weighted by Crippen LogP contribution is 2.28. The van der Waals surface area contributed by atoms with Crippen molar-refractivity contribution in [3.63, 3.8) is 0 Å². The predicted molar refractivity (Wildman–Crippen MR) is 119 cm³/mol. The van der Waals surface area contributed by atoms with Gasteiger partial charge in [0, 0.05) is 48.2 Å². The van der Waals surface area contributed by atoms with Gasteiger partial charge in [0.15, 0.2) is 5.65 Å². The van der Waals surface area contributed by atoms with Crippen molar-refractivity contribution in [1.29, 1.82) is 0 Å². The minimum Gasteiger partial charge on any atom is -0.356 e.